The third-order valence-corrected chi connectivity index (χ3v) is 3.78. The molecule has 0 aromatic heterocycles. The molecule has 0 spiro atoms. The maximum Gasteiger partial charge on any atom is 0.328 e. The number of carbonyl (C=O) groups is 5. The van der Waals surface area contributed by atoms with Gasteiger partial charge in [0.2, 0.25) is 23.6 Å². The molecule has 16 nitrogen and oxygen atoms in total. The Morgan fingerprint density at radius 3 is 1.10 bits per heavy atom. The molecule has 0 heterocycles. The zero-order valence-corrected chi connectivity index (χ0v) is 16.2. The van der Waals surface area contributed by atoms with Gasteiger partial charge in [-0.2, -0.15) is 0 Å². The van der Waals surface area contributed by atoms with Crippen LogP contribution in [-0.2, 0) is 24.0 Å². The summed E-state index contributed by atoms with van der Waals surface area (Å²) in [5.41, 5.74) is 5.26. The molecule has 0 rings (SSSR count). The number of aliphatic hydroxyl groups is 5. The van der Waals surface area contributed by atoms with Gasteiger partial charge in [0, 0.05) is 0 Å². The van der Waals surface area contributed by atoms with Gasteiger partial charge < -0.3 is 57.6 Å². The van der Waals surface area contributed by atoms with Gasteiger partial charge in [-0.3, -0.25) is 19.2 Å². The van der Waals surface area contributed by atoms with Crippen LogP contribution < -0.4 is 27.0 Å². The predicted octanol–water partition coefficient (Wildman–Crippen LogP) is -7.70. The summed E-state index contributed by atoms with van der Waals surface area (Å²) in [5, 5.41) is 62.2. The van der Waals surface area contributed by atoms with Crippen molar-refractivity contribution in [3.05, 3.63) is 0 Å². The average Bonchev–Trinajstić information content (AvgIpc) is 2.75. The van der Waals surface area contributed by atoms with Gasteiger partial charge in [0.05, 0.1) is 33.0 Å². The van der Waals surface area contributed by atoms with E-state index in [1.54, 1.807) is 0 Å². The number of nitrogens with one attached hydrogen (secondary N) is 4. The van der Waals surface area contributed by atoms with E-state index in [1.807, 2.05) is 21.3 Å². The number of carboxylic acid groups (broad SMARTS) is 1. The maximum atomic E-state index is 12.2. The molecule has 0 aromatic rings. The van der Waals surface area contributed by atoms with Gasteiger partial charge in [-0.15, -0.1) is 0 Å². The second-order valence-corrected chi connectivity index (χ2v) is 6.10. The summed E-state index contributed by atoms with van der Waals surface area (Å²) in [5.74, 6) is -6.01. The van der Waals surface area contributed by atoms with Gasteiger partial charge in [0.1, 0.15) is 30.2 Å². The third kappa shape index (κ3) is 9.20. The first-order chi connectivity index (χ1) is 14.6. The van der Waals surface area contributed by atoms with Gasteiger partial charge in [-0.05, 0) is 0 Å². The summed E-state index contributed by atoms with van der Waals surface area (Å²) in [6.07, 6.45) is 0. The Bertz CT molecular complexity index is 647. The summed E-state index contributed by atoms with van der Waals surface area (Å²) < 4.78 is 0. The van der Waals surface area contributed by atoms with E-state index in [0.717, 1.165) is 0 Å². The Balaban J connectivity index is 5.07. The lowest BCUT2D eigenvalue weighted by Crippen LogP contribution is -2.60. The monoisotopic (exact) mass is 453 g/mol. The van der Waals surface area contributed by atoms with Crippen molar-refractivity contribution < 1.29 is 54.6 Å². The van der Waals surface area contributed by atoms with Crippen LogP contribution in [0.5, 0.6) is 0 Å². The first-order valence-electron chi connectivity index (χ1n) is 8.80. The van der Waals surface area contributed by atoms with Crippen LogP contribution in [0.3, 0.4) is 0 Å². The highest BCUT2D eigenvalue weighted by atomic mass is 16.4. The van der Waals surface area contributed by atoms with Gasteiger partial charge in [-0.1, -0.05) is 0 Å². The topological polar surface area (TPSA) is 281 Å². The van der Waals surface area contributed by atoms with Crippen LogP contribution in [0.4, 0.5) is 0 Å². The highest BCUT2D eigenvalue weighted by molar-refractivity contribution is 5.95. The minimum absolute atomic E-state index is 0.739. The number of carbonyl (C=O) groups excluding carboxylic acids is 4. The second kappa shape index (κ2) is 14.2. The van der Waals surface area contributed by atoms with Crippen LogP contribution in [-0.4, -0.2) is 123 Å². The molecule has 31 heavy (non-hydrogen) atoms. The lowest BCUT2D eigenvalue weighted by atomic mass is 10.2. The van der Waals surface area contributed by atoms with Crippen LogP contribution in [0.1, 0.15) is 0 Å². The standard InChI is InChI=1S/C15H27N5O11/c16-6(1-21)11(26)17-7(2-22)12(27)18-8(3-23)13(28)19-9(4-24)14(29)20-10(5-25)15(30)31/h6-10,21-25H,1-5,16H2,(H,17,26)(H,18,27)(H,19,28)(H,20,29)(H,30,31)/t6-,7+,8-,9+,10-/m1/s1. The Morgan fingerprint density at radius 1 is 0.548 bits per heavy atom. The molecule has 0 aliphatic carbocycles. The molecule has 12 N–H and O–H groups in total. The highest BCUT2D eigenvalue weighted by Crippen LogP contribution is 1.94. The summed E-state index contributed by atoms with van der Waals surface area (Å²) in [7, 11) is 0. The molecule has 0 aliphatic heterocycles. The van der Waals surface area contributed by atoms with E-state index in [-0.39, 0.29) is 0 Å². The Kier molecular flexibility index (Phi) is 12.9. The molecule has 0 unspecified atom stereocenters. The Hall–Kier alpha value is -2.89. The number of hydrogen-bond donors (Lipinski definition) is 11. The number of hydrogen-bond acceptors (Lipinski definition) is 11. The molecular formula is C15H27N5O11. The predicted molar refractivity (Wildman–Crippen MR) is 98.8 cm³/mol. The van der Waals surface area contributed by atoms with Crippen LogP contribution in [0.25, 0.3) is 0 Å². The second-order valence-electron chi connectivity index (χ2n) is 6.10. The molecule has 0 saturated carbocycles. The van der Waals surface area contributed by atoms with Crippen molar-refractivity contribution in [2.24, 2.45) is 5.73 Å². The molecule has 178 valence electrons. The summed E-state index contributed by atoms with van der Waals surface area (Å²) >= 11 is 0. The fraction of sp³-hybridized carbons (Fsp3) is 0.667. The zero-order chi connectivity index (χ0) is 24.1. The van der Waals surface area contributed by atoms with Crippen molar-refractivity contribution in [2.75, 3.05) is 33.0 Å². The molecule has 0 saturated heterocycles. The Morgan fingerprint density at radius 2 is 0.839 bits per heavy atom. The van der Waals surface area contributed by atoms with Crippen LogP contribution in [0.2, 0.25) is 0 Å². The lowest BCUT2D eigenvalue weighted by molar-refractivity contribution is -0.143. The van der Waals surface area contributed by atoms with E-state index < -0.39 is 92.8 Å². The summed E-state index contributed by atoms with van der Waals surface area (Å²) in [6.45, 7) is -4.60. The number of aliphatic carboxylic acids is 1. The minimum atomic E-state index is -1.70. The van der Waals surface area contributed by atoms with Crippen LogP contribution in [0.15, 0.2) is 0 Å². The van der Waals surface area contributed by atoms with Crippen molar-refractivity contribution in [1.29, 1.82) is 0 Å². The maximum absolute atomic E-state index is 12.2. The minimum Gasteiger partial charge on any atom is -0.480 e. The normalized spacial score (nSPS) is 15.5. The molecule has 16 heteroatoms. The largest absolute Gasteiger partial charge is 0.480 e. The van der Waals surface area contributed by atoms with Gasteiger partial charge in [0.15, 0.2) is 0 Å². The number of carboxylic acids is 1. The highest BCUT2D eigenvalue weighted by Gasteiger charge is 2.30. The molecule has 0 bridgehead atoms. The molecule has 4 amide bonds. The van der Waals surface area contributed by atoms with E-state index in [4.69, 9.17) is 21.1 Å². The first-order valence-corrected chi connectivity index (χ1v) is 8.80. The number of amides is 4. The average molecular weight is 453 g/mol. The lowest BCUT2D eigenvalue weighted by Gasteiger charge is -2.24. The fourth-order valence-electron chi connectivity index (χ4n) is 1.95. The molecule has 5 atom stereocenters. The third-order valence-electron chi connectivity index (χ3n) is 3.78. The molecular weight excluding hydrogens is 426 g/mol. The van der Waals surface area contributed by atoms with E-state index in [0.29, 0.717) is 0 Å². The van der Waals surface area contributed by atoms with Crippen molar-refractivity contribution >= 4 is 29.6 Å². The molecule has 0 fully saturated rings. The molecule has 0 aromatic carbocycles. The van der Waals surface area contributed by atoms with Crippen molar-refractivity contribution in [3.8, 4) is 0 Å². The van der Waals surface area contributed by atoms with Gasteiger partial charge in [0.25, 0.3) is 0 Å². The van der Waals surface area contributed by atoms with E-state index in [9.17, 15) is 39.3 Å². The number of nitrogens with two attached hydrogens (primary N) is 1. The van der Waals surface area contributed by atoms with Crippen molar-refractivity contribution in [3.63, 3.8) is 0 Å². The smallest absolute Gasteiger partial charge is 0.328 e. The first kappa shape index (κ1) is 28.1. The number of rotatable bonds is 14. The van der Waals surface area contributed by atoms with Gasteiger partial charge >= 0.3 is 5.97 Å². The van der Waals surface area contributed by atoms with Gasteiger partial charge in [-0.25, -0.2) is 4.79 Å². The van der Waals surface area contributed by atoms with E-state index in [1.165, 1.54) is 0 Å². The quantitative estimate of drug-likeness (QED) is 0.117. The van der Waals surface area contributed by atoms with Crippen LogP contribution >= 0.6 is 0 Å². The van der Waals surface area contributed by atoms with Crippen LogP contribution in [0, 0.1) is 0 Å². The number of aliphatic hydroxyl groups excluding tert-OH is 5. The molecule has 0 radical (unpaired) electrons. The van der Waals surface area contributed by atoms with Crippen molar-refractivity contribution in [2.45, 2.75) is 30.2 Å². The van der Waals surface area contributed by atoms with E-state index in [2.05, 4.69) is 0 Å². The van der Waals surface area contributed by atoms with Crippen molar-refractivity contribution in [1.82, 2.24) is 21.3 Å². The SMILES string of the molecule is N[C@H](CO)C(=O)N[C@@H](CO)C(=O)N[C@H](CO)C(=O)N[C@@H](CO)C(=O)N[C@H](CO)C(=O)O. The summed E-state index contributed by atoms with van der Waals surface area (Å²) in [6, 6.07) is -8.06. The zero-order valence-electron chi connectivity index (χ0n) is 16.2. The Labute approximate surface area is 175 Å². The summed E-state index contributed by atoms with van der Waals surface area (Å²) in [4.78, 5) is 58.8. The fourth-order valence-corrected chi connectivity index (χ4v) is 1.95. The van der Waals surface area contributed by atoms with E-state index >= 15 is 0 Å². The molecule has 0 aliphatic rings.